The summed E-state index contributed by atoms with van der Waals surface area (Å²) in [7, 11) is 0. The van der Waals surface area contributed by atoms with E-state index >= 15 is 0 Å². The number of carbonyl (C=O) groups excluding carboxylic acids is 1. The fourth-order valence-electron chi connectivity index (χ4n) is 2.87. The lowest BCUT2D eigenvalue weighted by molar-refractivity contribution is -0.116. The van der Waals surface area contributed by atoms with Crippen LogP contribution < -0.4 is 4.90 Å². The van der Waals surface area contributed by atoms with Crippen LogP contribution in [0, 0.1) is 11.7 Å². The Morgan fingerprint density at radius 2 is 2.00 bits per heavy atom. The van der Waals surface area contributed by atoms with Crippen molar-refractivity contribution in [2.45, 2.75) is 11.3 Å². The Kier molecular flexibility index (Phi) is 5.06. The predicted octanol–water partition coefficient (Wildman–Crippen LogP) is 2.82. The maximum Gasteiger partial charge on any atom is 0.237 e. The second-order valence-corrected chi connectivity index (χ2v) is 6.84. The van der Waals surface area contributed by atoms with Gasteiger partial charge in [0.2, 0.25) is 5.91 Å². The zero-order valence-electron chi connectivity index (χ0n) is 13.0. The van der Waals surface area contributed by atoms with Gasteiger partial charge in [0, 0.05) is 24.0 Å². The molecule has 0 saturated heterocycles. The summed E-state index contributed by atoms with van der Waals surface area (Å²) in [5.41, 5.74) is 1.08. The molecule has 126 valence electrons. The monoisotopic (exact) mass is 347 g/mol. The molecule has 0 saturated carbocycles. The maximum absolute atomic E-state index is 14.2. The number of hydrogen-bond donors (Lipinski definition) is 2. The standard InChI is InChI=1S/C18H18FNO3S/c19-16-3-1-2-13-8-12(10-21)9-20(18(13)16)17(23)11-24-15-6-4-14(22)5-7-15/h1-7,12,21-22H,8-11H2. The van der Waals surface area contributed by atoms with Crippen molar-refractivity contribution in [2.24, 2.45) is 5.92 Å². The van der Waals surface area contributed by atoms with Crippen LogP contribution in [0.25, 0.3) is 0 Å². The van der Waals surface area contributed by atoms with E-state index in [0.717, 1.165) is 10.5 Å². The van der Waals surface area contributed by atoms with Gasteiger partial charge in [-0.3, -0.25) is 4.79 Å². The topological polar surface area (TPSA) is 60.8 Å². The zero-order chi connectivity index (χ0) is 17.1. The number of benzene rings is 2. The first-order valence-corrected chi connectivity index (χ1v) is 8.67. The summed E-state index contributed by atoms with van der Waals surface area (Å²) in [4.78, 5) is 14.9. The van der Waals surface area contributed by atoms with Gasteiger partial charge in [-0.25, -0.2) is 4.39 Å². The average molecular weight is 347 g/mol. The second-order valence-electron chi connectivity index (χ2n) is 5.79. The normalized spacial score (nSPS) is 16.8. The van der Waals surface area contributed by atoms with Gasteiger partial charge in [0.1, 0.15) is 11.6 Å². The van der Waals surface area contributed by atoms with Gasteiger partial charge >= 0.3 is 0 Å². The number of phenols is 1. The number of aliphatic hydroxyl groups is 1. The van der Waals surface area contributed by atoms with Crippen molar-refractivity contribution in [1.82, 2.24) is 0 Å². The van der Waals surface area contributed by atoms with E-state index < -0.39 is 5.82 Å². The van der Waals surface area contributed by atoms with Gasteiger partial charge in [0.15, 0.2) is 0 Å². The number of para-hydroxylation sites is 1. The van der Waals surface area contributed by atoms with Gasteiger partial charge < -0.3 is 15.1 Å². The minimum Gasteiger partial charge on any atom is -0.508 e. The lowest BCUT2D eigenvalue weighted by Gasteiger charge is -2.34. The number of aromatic hydroxyl groups is 1. The number of nitrogens with zero attached hydrogens (tertiary/aromatic N) is 1. The lowest BCUT2D eigenvalue weighted by atomic mass is 9.93. The van der Waals surface area contributed by atoms with Crippen molar-refractivity contribution in [2.75, 3.05) is 23.8 Å². The van der Waals surface area contributed by atoms with E-state index in [9.17, 15) is 19.4 Å². The Labute approximate surface area is 143 Å². The first-order valence-electron chi connectivity index (χ1n) is 7.69. The predicted molar refractivity (Wildman–Crippen MR) is 91.9 cm³/mol. The van der Waals surface area contributed by atoms with Crippen LogP contribution in [0.3, 0.4) is 0 Å². The minimum absolute atomic E-state index is 0.0369. The summed E-state index contributed by atoms with van der Waals surface area (Å²) in [5.74, 6) is -0.355. The van der Waals surface area contributed by atoms with Gasteiger partial charge in [-0.05, 0) is 42.3 Å². The van der Waals surface area contributed by atoms with E-state index in [1.165, 1.54) is 22.7 Å². The molecule has 24 heavy (non-hydrogen) atoms. The summed E-state index contributed by atoms with van der Waals surface area (Å²) >= 11 is 1.33. The Morgan fingerprint density at radius 1 is 1.25 bits per heavy atom. The summed E-state index contributed by atoms with van der Waals surface area (Å²) in [6, 6.07) is 11.4. The molecular weight excluding hydrogens is 329 g/mol. The van der Waals surface area contributed by atoms with Crippen molar-refractivity contribution in [3.05, 3.63) is 53.8 Å². The highest BCUT2D eigenvalue weighted by molar-refractivity contribution is 8.00. The molecule has 0 spiro atoms. The van der Waals surface area contributed by atoms with Crippen LogP contribution in [-0.4, -0.2) is 35.0 Å². The maximum atomic E-state index is 14.2. The number of rotatable bonds is 4. The van der Waals surface area contributed by atoms with E-state index in [1.807, 2.05) is 0 Å². The van der Waals surface area contributed by atoms with Gasteiger partial charge in [-0.15, -0.1) is 11.8 Å². The lowest BCUT2D eigenvalue weighted by Crippen LogP contribution is -2.42. The van der Waals surface area contributed by atoms with Crippen LogP contribution in [0.5, 0.6) is 5.75 Å². The van der Waals surface area contributed by atoms with Crippen LogP contribution in [0.15, 0.2) is 47.4 Å². The first kappa shape index (κ1) is 16.8. The molecular formula is C18H18FNO3S. The zero-order valence-corrected chi connectivity index (χ0v) is 13.8. The Balaban J connectivity index is 1.77. The van der Waals surface area contributed by atoms with E-state index in [2.05, 4.69) is 0 Å². The molecule has 4 nitrogen and oxygen atoms in total. The van der Waals surface area contributed by atoms with Crippen molar-refractivity contribution in [3.8, 4) is 5.75 Å². The number of fused-ring (bicyclic) bond motifs is 1. The van der Waals surface area contributed by atoms with E-state index in [4.69, 9.17) is 0 Å². The first-order chi connectivity index (χ1) is 11.6. The highest BCUT2D eigenvalue weighted by atomic mass is 32.2. The molecule has 3 rings (SSSR count). The SMILES string of the molecule is O=C(CSc1ccc(O)cc1)N1CC(CO)Cc2cccc(F)c21. The van der Waals surface area contributed by atoms with Crippen molar-refractivity contribution < 1.29 is 19.4 Å². The molecule has 1 aliphatic heterocycles. The number of aliphatic hydroxyl groups excluding tert-OH is 1. The third kappa shape index (κ3) is 3.55. The van der Waals surface area contributed by atoms with Crippen LogP contribution in [0.2, 0.25) is 0 Å². The van der Waals surface area contributed by atoms with Crippen LogP contribution in [0.1, 0.15) is 5.56 Å². The highest BCUT2D eigenvalue weighted by Gasteiger charge is 2.30. The molecule has 0 aliphatic carbocycles. The molecule has 0 fully saturated rings. The number of hydrogen-bond acceptors (Lipinski definition) is 4. The van der Waals surface area contributed by atoms with Crippen LogP contribution in [0.4, 0.5) is 10.1 Å². The fraction of sp³-hybridized carbons (Fsp3) is 0.278. The molecule has 2 N–H and O–H groups in total. The van der Waals surface area contributed by atoms with E-state index in [0.29, 0.717) is 18.7 Å². The molecule has 1 amide bonds. The van der Waals surface area contributed by atoms with Gasteiger partial charge in [0.05, 0.1) is 11.4 Å². The fourth-order valence-corrected chi connectivity index (χ4v) is 3.64. The Morgan fingerprint density at radius 3 is 2.71 bits per heavy atom. The number of carbonyl (C=O) groups is 1. The smallest absolute Gasteiger partial charge is 0.237 e. The number of halogens is 1. The molecule has 1 aliphatic rings. The molecule has 2 aromatic carbocycles. The van der Waals surface area contributed by atoms with Crippen LogP contribution in [-0.2, 0) is 11.2 Å². The number of thioether (sulfide) groups is 1. The quantitative estimate of drug-likeness (QED) is 0.835. The highest BCUT2D eigenvalue weighted by Crippen LogP contribution is 2.33. The summed E-state index contributed by atoms with van der Waals surface area (Å²) in [6.07, 6.45) is 0.568. The molecule has 6 heteroatoms. The molecule has 0 bridgehead atoms. The molecule has 0 aromatic heterocycles. The van der Waals surface area contributed by atoms with E-state index in [-0.39, 0.29) is 29.9 Å². The number of amides is 1. The summed E-state index contributed by atoms with van der Waals surface area (Å²) < 4.78 is 14.2. The average Bonchev–Trinajstić information content (AvgIpc) is 2.60. The van der Waals surface area contributed by atoms with E-state index in [1.54, 1.807) is 36.4 Å². The summed E-state index contributed by atoms with van der Waals surface area (Å²) in [5, 5.41) is 18.7. The summed E-state index contributed by atoms with van der Waals surface area (Å²) in [6.45, 7) is 0.282. The van der Waals surface area contributed by atoms with Crippen LogP contribution >= 0.6 is 11.8 Å². The minimum atomic E-state index is -0.410. The Hall–Kier alpha value is -2.05. The van der Waals surface area contributed by atoms with Crippen molar-refractivity contribution in [1.29, 1.82) is 0 Å². The molecule has 2 aromatic rings. The Bertz CT molecular complexity index is 736. The van der Waals surface area contributed by atoms with Gasteiger partial charge in [0.25, 0.3) is 0 Å². The van der Waals surface area contributed by atoms with Gasteiger partial charge in [-0.2, -0.15) is 0 Å². The molecule has 1 atom stereocenters. The van der Waals surface area contributed by atoms with Crippen molar-refractivity contribution >= 4 is 23.4 Å². The third-order valence-corrected chi connectivity index (χ3v) is 5.04. The molecule has 0 radical (unpaired) electrons. The van der Waals surface area contributed by atoms with Crippen molar-refractivity contribution in [3.63, 3.8) is 0 Å². The van der Waals surface area contributed by atoms with Gasteiger partial charge in [-0.1, -0.05) is 12.1 Å². The third-order valence-electron chi connectivity index (χ3n) is 4.05. The molecule has 1 heterocycles. The largest absolute Gasteiger partial charge is 0.508 e. The molecule has 1 unspecified atom stereocenters. The number of anilines is 1. The second kappa shape index (κ2) is 7.23. The number of phenolic OH excluding ortho intramolecular Hbond substituents is 1.